The van der Waals surface area contributed by atoms with Gasteiger partial charge in [-0.05, 0) is 55.5 Å². The minimum atomic E-state index is 0.449. The molecule has 0 radical (unpaired) electrons. The number of benzene rings is 2. The highest BCUT2D eigenvalue weighted by Gasteiger charge is 2.26. The summed E-state index contributed by atoms with van der Waals surface area (Å²) >= 11 is 16.3. The molecule has 0 atom stereocenters. The van der Waals surface area contributed by atoms with E-state index in [9.17, 15) is 0 Å². The third kappa shape index (κ3) is 4.81. The van der Waals surface area contributed by atoms with Crippen molar-refractivity contribution in [1.29, 1.82) is 0 Å². The van der Waals surface area contributed by atoms with Crippen LogP contribution < -0.4 is 0 Å². The molecule has 1 saturated carbocycles. The summed E-state index contributed by atoms with van der Waals surface area (Å²) in [7, 11) is 0. The second-order valence-electron chi connectivity index (χ2n) is 8.75. The van der Waals surface area contributed by atoms with Gasteiger partial charge in [-0.15, -0.1) is 10.2 Å². The summed E-state index contributed by atoms with van der Waals surface area (Å²) in [5.74, 6) is 1.76. The molecule has 0 spiro atoms. The first-order chi connectivity index (χ1) is 16.5. The Morgan fingerprint density at radius 2 is 1.79 bits per heavy atom. The maximum absolute atomic E-state index is 6.61. The fourth-order valence-corrected chi connectivity index (χ4v) is 5.51. The Kier molecular flexibility index (Phi) is 7.09. The molecular formula is C26H25BrCl2N4O. The monoisotopic (exact) mass is 558 g/mol. The largest absolute Gasteiger partial charge is 0.419 e. The van der Waals surface area contributed by atoms with Crippen LogP contribution in [0.15, 0.2) is 51.4 Å². The summed E-state index contributed by atoms with van der Waals surface area (Å²) in [6.07, 6.45) is 7.94. The first-order valence-electron chi connectivity index (χ1n) is 11.7. The average molecular weight is 560 g/mol. The number of halogens is 3. The summed E-state index contributed by atoms with van der Waals surface area (Å²) in [6.45, 7) is 2.11. The predicted molar refractivity (Wildman–Crippen MR) is 140 cm³/mol. The highest BCUT2D eigenvalue weighted by molar-refractivity contribution is 9.10. The van der Waals surface area contributed by atoms with Crippen molar-refractivity contribution < 1.29 is 4.42 Å². The van der Waals surface area contributed by atoms with Gasteiger partial charge in [-0.25, -0.2) is 4.68 Å². The minimum Gasteiger partial charge on any atom is -0.419 e. The fourth-order valence-electron chi connectivity index (χ4n) is 4.76. The van der Waals surface area contributed by atoms with E-state index in [1.165, 1.54) is 32.1 Å². The first-order valence-corrected chi connectivity index (χ1v) is 13.2. The summed E-state index contributed by atoms with van der Waals surface area (Å²) in [4.78, 5) is 0. The number of rotatable bonds is 6. The Bertz CT molecular complexity index is 1290. The predicted octanol–water partition coefficient (Wildman–Crippen LogP) is 8.34. The lowest BCUT2D eigenvalue weighted by molar-refractivity contribution is 0.330. The summed E-state index contributed by atoms with van der Waals surface area (Å²) < 4.78 is 9.03. The van der Waals surface area contributed by atoms with Gasteiger partial charge in [0.2, 0.25) is 5.89 Å². The Hall–Kier alpha value is -2.15. The standard InChI is InChI=1S/C26H25BrCl2N4O/c1-2-20-24(26-31-30-23(34-26)14-16-6-4-3-5-7-16)32-33(22-13-12-19(28)15-21(22)29)25(20)17-8-10-18(27)11-9-17/h8-13,15-16H,2-7,14H2,1H3. The topological polar surface area (TPSA) is 56.7 Å². The van der Waals surface area contributed by atoms with Gasteiger partial charge in [-0.2, -0.15) is 5.10 Å². The molecule has 1 fully saturated rings. The van der Waals surface area contributed by atoms with E-state index >= 15 is 0 Å². The fraction of sp³-hybridized carbons (Fsp3) is 0.346. The zero-order chi connectivity index (χ0) is 23.7. The number of aromatic nitrogens is 4. The van der Waals surface area contributed by atoms with E-state index < -0.39 is 0 Å². The molecular weight excluding hydrogens is 535 g/mol. The lowest BCUT2D eigenvalue weighted by Gasteiger charge is -2.19. The van der Waals surface area contributed by atoms with Gasteiger partial charge in [0.25, 0.3) is 5.89 Å². The van der Waals surface area contributed by atoms with E-state index in [0.29, 0.717) is 33.4 Å². The van der Waals surface area contributed by atoms with Crippen molar-refractivity contribution in [2.75, 3.05) is 0 Å². The first kappa shape index (κ1) is 23.6. The van der Waals surface area contributed by atoms with E-state index in [4.69, 9.17) is 32.7 Å². The molecule has 2 aromatic carbocycles. The molecule has 1 aliphatic rings. The molecule has 2 heterocycles. The van der Waals surface area contributed by atoms with Gasteiger partial charge < -0.3 is 4.42 Å². The van der Waals surface area contributed by atoms with Gasteiger partial charge >= 0.3 is 0 Å². The third-order valence-corrected chi connectivity index (χ3v) is 7.52. The van der Waals surface area contributed by atoms with E-state index in [2.05, 4.69) is 45.2 Å². The van der Waals surface area contributed by atoms with E-state index in [1.807, 2.05) is 28.9 Å². The van der Waals surface area contributed by atoms with Crippen LogP contribution in [-0.2, 0) is 12.8 Å². The quantitative estimate of drug-likeness (QED) is 0.238. The van der Waals surface area contributed by atoms with Crippen LogP contribution in [0.4, 0.5) is 0 Å². The molecule has 8 heteroatoms. The van der Waals surface area contributed by atoms with Crippen molar-refractivity contribution in [2.45, 2.75) is 51.9 Å². The van der Waals surface area contributed by atoms with Crippen molar-refractivity contribution in [2.24, 2.45) is 5.92 Å². The van der Waals surface area contributed by atoms with Crippen molar-refractivity contribution in [3.63, 3.8) is 0 Å². The molecule has 0 saturated heterocycles. The molecule has 0 bridgehead atoms. The highest BCUT2D eigenvalue weighted by atomic mass is 79.9. The smallest absolute Gasteiger partial charge is 0.268 e. The molecule has 5 nitrogen and oxygen atoms in total. The molecule has 1 aliphatic carbocycles. The van der Waals surface area contributed by atoms with E-state index in [1.54, 1.807) is 6.07 Å². The maximum atomic E-state index is 6.61. The molecule has 4 aromatic rings. The lowest BCUT2D eigenvalue weighted by Crippen LogP contribution is -2.09. The second kappa shape index (κ2) is 10.2. The van der Waals surface area contributed by atoms with E-state index in [0.717, 1.165) is 39.8 Å². The summed E-state index contributed by atoms with van der Waals surface area (Å²) in [5, 5.41) is 14.8. The van der Waals surface area contributed by atoms with Gasteiger partial charge in [0, 0.05) is 27.0 Å². The maximum Gasteiger partial charge on any atom is 0.268 e. The Balaban J connectivity index is 1.61. The summed E-state index contributed by atoms with van der Waals surface area (Å²) in [6, 6.07) is 13.6. The van der Waals surface area contributed by atoms with Crippen molar-refractivity contribution in [3.05, 3.63) is 68.4 Å². The van der Waals surface area contributed by atoms with Gasteiger partial charge in [0.1, 0.15) is 0 Å². The Labute approximate surface area is 217 Å². The van der Waals surface area contributed by atoms with Crippen LogP contribution >= 0.6 is 39.1 Å². The molecule has 0 amide bonds. The Morgan fingerprint density at radius 3 is 2.50 bits per heavy atom. The van der Waals surface area contributed by atoms with Crippen LogP contribution in [0.3, 0.4) is 0 Å². The van der Waals surface area contributed by atoms with Gasteiger partial charge in [0.15, 0.2) is 5.69 Å². The molecule has 0 unspecified atom stereocenters. The average Bonchev–Trinajstić information content (AvgIpc) is 3.45. The van der Waals surface area contributed by atoms with Gasteiger partial charge in [0.05, 0.1) is 16.4 Å². The van der Waals surface area contributed by atoms with Crippen LogP contribution in [0.1, 0.15) is 50.5 Å². The minimum absolute atomic E-state index is 0.449. The van der Waals surface area contributed by atoms with Crippen LogP contribution in [0.25, 0.3) is 28.5 Å². The van der Waals surface area contributed by atoms with Gasteiger partial charge in [-0.3, -0.25) is 0 Å². The zero-order valence-corrected chi connectivity index (χ0v) is 22.0. The van der Waals surface area contributed by atoms with E-state index in [-0.39, 0.29) is 0 Å². The SMILES string of the molecule is CCc1c(-c2nnc(CC3CCCCC3)o2)nn(-c2ccc(Cl)cc2Cl)c1-c1ccc(Br)cc1. The molecule has 5 rings (SSSR count). The molecule has 2 aromatic heterocycles. The summed E-state index contributed by atoms with van der Waals surface area (Å²) in [5.41, 5.74) is 4.43. The Morgan fingerprint density at radius 1 is 1.03 bits per heavy atom. The molecule has 0 N–H and O–H groups in total. The van der Waals surface area contributed by atoms with Crippen molar-refractivity contribution >= 4 is 39.1 Å². The normalized spacial score (nSPS) is 14.6. The number of hydrogen-bond acceptors (Lipinski definition) is 4. The van der Waals surface area contributed by atoms with Crippen LogP contribution in [0.5, 0.6) is 0 Å². The molecule has 0 aliphatic heterocycles. The van der Waals surface area contributed by atoms with Crippen molar-refractivity contribution in [3.8, 4) is 28.5 Å². The van der Waals surface area contributed by atoms with Crippen LogP contribution in [-0.4, -0.2) is 20.0 Å². The lowest BCUT2D eigenvalue weighted by atomic mass is 9.87. The van der Waals surface area contributed by atoms with Crippen LogP contribution in [0, 0.1) is 5.92 Å². The second-order valence-corrected chi connectivity index (χ2v) is 10.5. The number of nitrogens with zero attached hydrogens (tertiary/aromatic N) is 4. The highest BCUT2D eigenvalue weighted by Crippen LogP contribution is 2.37. The molecule has 176 valence electrons. The van der Waals surface area contributed by atoms with Crippen molar-refractivity contribution in [1.82, 2.24) is 20.0 Å². The van der Waals surface area contributed by atoms with Gasteiger partial charge in [-0.1, -0.05) is 77.5 Å². The number of hydrogen-bond donors (Lipinski definition) is 0. The zero-order valence-electron chi connectivity index (χ0n) is 18.9. The van der Waals surface area contributed by atoms with Crippen LogP contribution in [0.2, 0.25) is 10.0 Å². The third-order valence-electron chi connectivity index (χ3n) is 6.45. The molecule has 34 heavy (non-hydrogen) atoms.